The van der Waals surface area contributed by atoms with E-state index in [1.807, 2.05) is 9.48 Å². The van der Waals surface area contributed by atoms with Crippen molar-refractivity contribution in [1.29, 1.82) is 0 Å². The number of ketones is 2. The van der Waals surface area contributed by atoms with Crippen molar-refractivity contribution in [1.82, 2.24) is 0 Å². The Balaban J connectivity index is 1.85. The number of thiophene rings is 1. The number of anilines is 1. The van der Waals surface area contributed by atoms with E-state index in [4.69, 9.17) is 44.6 Å². The molecule has 1 aromatic heterocycles. The molecule has 3 rings (SSSR count). The van der Waals surface area contributed by atoms with Crippen LogP contribution in [0.3, 0.4) is 0 Å². The predicted molar refractivity (Wildman–Crippen MR) is 171 cm³/mol. The quantitative estimate of drug-likeness (QED) is 0.0781. The fraction of sp³-hybridized carbons (Fsp3) is 0.364. The fourth-order valence-electron chi connectivity index (χ4n) is 4.16. The fourth-order valence-corrected chi connectivity index (χ4v) is 6.35. The molecule has 0 aromatic carbocycles. The van der Waals surface area contributed by atoms with Crippen molar-refractivity contribution < 1.29 is 38.2 Å². The number of hydrogen-bond acceptors (Lipinski definition) is 10. The number of carbonyl (C=O) groups excluding carboxylic acids is 2. The van der Waals surface area contributed by atoms with E-state index in [0.717, 1.165) is 10.0 Å². The lowest BCUT2D eigenvalue weighted by molar-refractivity contribution is -0.529. The molecule has 0 bridgehead atoms. The molecule has 0 radical (unpaired) electrons. The average molecular weight is 633 g/mol. The molecular weight excluding hydrogens is 601 g/mol. The van der Waals surface area contributed by atoms with Crippen LogP contribution in [0.1, 0.15) is 4.88 Å². The van der Waals surface area contributed by atoms with Gasteiger partial charge in [-0.15, -0.1) is 37.0 Å². The van der Waals surface area contributed by atoms with E-state index in [1.54, 1.807) is 24.3 Å². The van der Waals surface area contributed by atoms with Crippen LogP contribution < -0.4 is 10.0 Å². The van der Waals surface area contributed by atoms with Gasteiger partial charge in [-0.25, -0.2) is 4.58 Å². The lowest BCUT2D eigenvalue weighted by atomic mass is 10.1. The van der Waals surface area contributed by atoms with Crippen LogP contribution in [0.15, 0.2) is 40.5 Å². The second-order valence-corrected chi connectivity index (χ2v) is 11.1. The highest BCUT2D eigenvalue weighted by Crippen LogP contribution is 2.41. The topological polar surface area (TPSA) is 100 Å². The molecule has 11 heteroatoms. The van der Waals surface area contributed by atoms with Gasteiger partial charge in [-0.3, -0.25) is 9.59 Å². The zero-order chi connectivity index (χ0) is 31.7. The highest BCUT2D eigenvalue weighted by Gasteiger charge is 2.36. The first-order valence-corrected chi connectivity index (χ1v) is 15.2. The molecule has 0 amide bonds. The molecule has 1 aromatic rings. The number of thioether (sulfide) groups is 1. The smallest absolute Gasteiger partial charge is 0.239 e. The van der Waals surface area contributed by atoms with Crippen molar-refractivity contribution in [3.05, 3.63) is 45.4 Å². The Morgan fingerprint density at radius 2 is 1.27 bits per heavy atom. The Morgan fingerprint density at radius 1 is 0.750 bits per heavy atom. The summed E-state index contributed by atoms with van der Waals surface area (Å²) in [6.45, 7) is 4.13. The summed E-state index contributed by atoms with van der Waals surface area (Å²) in [5.74, 6) is 7.46. The molecule has 9 nitrogen and oxygen atoms in total. The molecule has 228 valence electrons. The molecular formula is C33H32N2O7S2. The third-order valence-corrected chi connectivity index (χ3v) is 8.51. The lowest BCUT2D eigenvalue weighted by Gasteiger charge is -2.22. The lowest BCUT2D eigenvalue weighted by Crippen LogP contribution is -2.30. The summed E-state index contributed by atoms with van der Waals surface area (Å²) in [4.78, 5) is 29.1. The molecule has 44 heavy (non-hydrogen) atoms. The van der Waals surface area contributed by atoms with E-state index >= 15 is 0 Å². The van der Waals surface area contributed by atoms with Gasteiger partial charge in [0.05, 0.1) is 18.2 Å². The van der Waals surface area contributed by atoms with Gasteiger partial charge in [0, 0.05) is 40.1 Å². The Bertz CT molecular complexity index is 1460. The summed E-state index contributed by atoms with van der Waals surface area (Å²) < 4.78 is 23.7. The van der Waals surface area contributed by atoms with Crippen LogP contribution in [0.25, 0.3) is 5.57 Å². The van der Waals surface area contributed by atoms with E-state index in [-0.39, 0.29) is 37.6 Å². The van der Waals surface area contributed by atoms with Gasteiger partial charge in [0.15, 0.2) is 13.1 Å². The van der Waals surface area contributed by atoms with E-state index < -0.39 is 17.3 Å². The number of nitrogens with zero attached hydrogens (tertiary/aromatic N) is 2. The zero-order valence-corrected chi connectivity index (χ0v) is 25.8. The Kier molecular flexibility index (Phi) is 14.6. The molecule has 0 atom stereocenters. The molecule has 0 N–H and O–H groups in total. The van der Waals surface area contributed by atoms with E-state index in [2.05, 4.69) is 23.7 Å². The number of allylic oxidation sites excluding steroid dienone is 3. The Labute approximate surface area is 266 Å². The van der Waals surface area contributed by atoms with Crippen molar-refractivity contribution in [2.45, 2.75) is 0 Å². The predicted octanol–water partition coefficient (Wildman–Crippen LogP) is 1.35. The average Bonchev–Trinajstić information content (AvgIpc) is 3.74. The van der Waals surface area contributed by atoms with E-state index in [9.17, 15) is 14.7 Å². The van der Waals surface area contributed by atoms with Crippen LogP contribution in [0.5, 0.6) is 0 Å². The van der Waals surface area contributed by atoms with Crippen LogP contribution in [0.2, 0.25) is 0 Å². The third kappa shape index (κ3) is 9.48. The molecule has 0 spiro atoms. The highest BCUT2D eigenvalue weighted by molar-refractivity contribution is 8.18. The maximum Gasteiger partial charge on any atom is 0.239 e. The monoisotopic (exact) mass is 632 g/mol. The second kappa shape index (κ2) is 18.6. The highest BCUT2D eigenvalue weighted by atomic mass is 32.2. The summed E-state index contributed by atoms with van der Waals surface area (Å²) >= 11 is 2.48. The summed E-state index contributed by atoms with van der Waals surface area (Å²) in [5, 5.41) is 15.1. The number of ether oxygens (including phenoxy) is 4. The summed E-state index contributed by atoms with van der Waals surface area (Å²) in [7, 11) is 0. The van der Waals surface area contributed by atoms with Gasteiger partial charge < -0.3 is 29.0 Å². The van der Waals surface area contributed by atoms with Gasteiger partial charge in [0.25, 0.3) is 0 Å². The molecule has 0 saturated heterocycles. The van der Waals surface area contributed by atoms with Gasteiger partial charge in [0.2, 0.25) is 16.6 Å². The van der Waals surface area contributed by atoms with Gasteiger partial charge in [0.1, 0.15) is 39.6 Å². The number of hydrogen-bond donors (Lipinski definition) is 0. The minimum Gasteiger partial charge on any atom is -0.871 e. The molecule has 0 fully saturated rings. The SMILES string of the molecule is C#CCOCCN(CCOCC#C)c1ccc(C2=C([O-])/C(=C3\C=CC(=[N+](CCOCC#C)CCOCC#C)S3)C(=O)C2=O)s1. The summed E-state index contributed by atoms with van der Waals surface area (Å²) in [6, 6.07) is 3.47. The number of Topliss-reactive ketones (excluding diaryl/α,β-unsaturated/α-hetero) is 2. The van der Waals surface area contributed by atoms with Crippen molar-refractivity contribution in [3.63, 3.8) is 0 Å². The van der Waals surface area contributed by atoms with Crippen molar-refractivity contribution >= 4 is 50.3 Å². The van der Waals surface area contributed by atoms with Gasteiger partial charge in [-0.05, 0) is 30.0 Å². The molecule has 0 unspecified atom stereocenters. The zero-order valence-electron chi connectivity index (χ0n) is 24.2. The molecule has 2 aliphatic rings. The van der Waals surface area contributed by atoms with E-state index in [0.29, 0.717) is 62.4 Å². The largest absolute Gasteiger partial charge is 0.871 e. The van der Waals surface area contributed by atoms with Crippen LogP contribution >= 0.6 is 23.1 Å². The van der Waals surface area contributed by atoms with Gasteiger partial charge in [-0.2, -0.15) is 0 Å². The number of carbonyl (C=O) groups is 2. The minimum atomic E-state index is -0.822. The third-order valence-electron chi connectivity index (χ3n) is 6.18. The van der Waals surface area contributed by atoms with Gasteiger partial charge >= 0.3 is 0 Å². The second-order valence-electron chi connectivity index (χ2n) is 9.01. The standard InChI is InChI=1S/C33H32N2O7S2/c1-5-17-39-21-13-34(14-22-40-18-6-2)27-11-9-25(43-27)29-31(36)30(33(38)32(29)37)26-10-12-28(44-26)35(15-23-41-19-7-3)16-24-42-20-8-4/h1-4,9-12H,13-24H2. The van der Waals surface area contributed by atoms with Crippen molar-refractivity contribution in [3.8, 4) is 49.4 Å². The minimum absolute atomic E-state index is 0.134. The molecule has 1 aliphatic heterocycles. The van der Waals surface area contributed by atoms with Crippen LogP contribution in [0.4, 0.5) is 5.00 Å². The van der Waals surface area contributed by atoms with Crippen LogP contribution in [-0.2, 0) is 28.5 Å². The Morgan fingerprint density at radius 3 is 1.82 bits per heavy atom. The first kappa shape index (κ1) is 34.5. The van der Waals surface area contributed by atoms with Gasteiger partial charge in [-0.1, -0.05) is 29.4 Å². The van der Waals surface area contributed by atoms with Crippen molar-refractivity contribution in [2.75, 3.05) is 83.9 Å². The molecule has 2 heterocycles. The maximum atomic E-state index is 13.6. The normalized spacial score (nSPS) is 15.8. The van der Waals surface area contributed by atoms with Crippen molar-refractivity contribution in [2.24, 2.45) is 0 Å². The summed E-state index contributed by atoms with van der Waals surface area (Å²) in [5.41, 5.74) is -0.268. The van der Waals surface area contributed by atoms with Crippen LogP contribution in [-0.4, -0.2) is 100 Å². The molecule has 1 aliphatic carbocycles. The Hall–Kier alpha value is -4.04. The number of rotatable bonds is 18. The first-order valence-electron chi connectivity index (χ1n) is 13.6. The summed E-state index contributed by atoms with van der Waals surface area (Å²) in [6.07, 6.45) is 24.5. The maximum absolute atomic E-state index is 13.6. The van der Waals surface area contributed by atoms with E-state index in [1.165, 1.54) is 23.1 Å². The first-order chi connectivity index (χ1) is 21.5. The number of terminal acetylenes is 4. The molecule has 0 saturated carbocycles. The van der Waals surface area contributed by atoms with Crippen LogP contribution in [0, 0.1) is 49.4 Å².